The molecule has 0 radical (unpaired) electrons. The van der Waals surface area contributed by atoms with Gasteiger partial charge in [0.05, 0.1) is 6.10 Å². The van der Waals surface area contributed by atoms with Gasteiger partial charge in [-0.3, -0.25) is 0 Å². The zero-order valence-corrected chi connectivity index (χ0v) is 8.13. The quantitative estimate of drug-likeness (QED) is 0.709. The summed E-state index contributed by atoms with van der Waals surface area (Å²) in [7, 11) is 1.79. The van der Waals surface area contributed by atoms with Crippen molar-refractivity contribution in [1.82, 2.24) is 5.32 Å². The van der Waals surface area contributed by atoms with Crippen LogP contribution < -0.4 is 5.32 Å². The summed E-state index contributed by atoms with van der Waals surface area (Å²) in [6.07, 6.45) is 0.967. The zero-order valence-electron chi connectivity index (χ0n) is 8.13. The summed E-state index contributed by atoms with van der Waals surface area (Å²) in [5, 5.41) is 12.9. The van der Waals surface area contributed by atoms with Crippen LogP contribution in [-0.4, -0.2) is 18.2 Å². The summed E-state index contributed by atoms with van der Waals surface area (Å²) in [5.74, 6) is -0.296. The van der Waals surface area contributed by atoms with Gasteiger partial charge in [-0.1, -0.05) is 12.1 Å². The molecule has 0 fully saturated rings. The number of aliphatic hydroxyl groups is 1. The summed E-state index contributed by atoms with van der Waals surface area (Å²) in [6, 6.07) is 4.95. The lowest BCUT2D eigenvalue weighted by Crippen LogP contribution is -2.36. The van der Waals surface area contributed by atoms with Crippen molar-refractivity contribution in [2.45, 2.75) is 25.0 Å². The molecule has 0 amide bonds. The van der Waals surface area contributed by atoms with Gasteiger partial charge < -0.3 is 10.4 Å². The number of aliphatic hydroxyl groups excluding tert-OH is 1. The van der Waals surface area contributed by atoms with Crippen molar-refractivity contribution in [3.8, 4) is 0 Å². The van der Waals surface area contributed by atoms with Crippen LogP contribution >= 0.6 is 0 Å². The lowest BCUT2D eigenvalue weighted by atomic mass is 9.85. The summed E-state index contributed by atoms with van der Waals surface area (Å²) in [5.41, 5.74) is 1.40. The Morgan fingerprint density at radius 1 is 1.50 bits per heavy atom. The first kappa shape index (κ1) is 9.62. The number of likely N-dealkylation sites (N-methyl/N-ethyl adjacent to an activating group) is 1. The number of benzene rings is 1. The molecule has 0 heterocycles. The summed E-state index contributed by atoms with van der Waals surface area (Å²) < 4.78 is 13.4. The van der Waals surface area contributed by atoms with Crippen LogP contribution in [0.2, 0.25) is 0 Å². The van der Waals surface area contributed by atoms with E-state index in [1.165, 1.54) is 6.07 Å². The fourth-order valence-corrected chi connectivity index (χ4v) is 2.10. The number of hydrogen-bond donors (Lipinski definition) is 2. The number of hydrogen-bond acceptors (Lipinski definition) is 2. The van der Waals surface area contributed by atoms with Crippen molar-refractivity contribution in [2.75, 3.05) is 7.05 Å². The Balaban J connectivity index is 2.43. The molecule has 0 saturated heterocycles. The third-order valence-electron chi connectivity index (χ3n) is 2.92. The Kier molecular flexibility index (Phi) is 2.52. The Hall–Kier alpha value is -0.930. The van der Waals surface area contributed by atoms with E-state index in [-0.39, 0.29) is 11.9 Å². The molecule has 76 valence electrons. The maximum atomic E-state index is 13.4. The maximum absolute atomic E-state index is 13.4. The molecule has 0 spiro atoms. The number of fused-ring (bicyclic) bond motifs is 1. The van der Waals surface area contributed by atoms with Gasteiger partial charge in [0.25, 0.3) is 0 Å². The van der Waals surface area contributed by atoms with Crippen molar-refractivity contribution >= 4 is 0 Å². The highest BCUT2D eigenvalue weighted by molar-refractivity contribution is 5.34. The van der Waals surface area contributed by atoms with Crippen LogP contribution in [0.25, 0.3) is 0 Å². The lowest BCUT2D eigenvalue weighted by molar-refractivity contribution is 0.115. The Labute approximate surface area is 82.8 Å². The smallest absolute Gasteiger partial charge is 0.129 e. The molecule has 1 aromatic carbocycles. The lowest BCUT2D eigenvalue weighted by Gasteiger charge is -2.29. The highest BCUT2D eigenvalue weighted by atomic mass is 19.1. The average molecular weight is 195 g/mol. The minimum atomic E-state index is -0.718. The largest absolute Gasteiger partial charge is 0.387 e. The molecule has 2 nitrogen and oxygen atoms in total. The molecule has 0 aromatic heterocycles. The third-order valence-corrected chi connectivity index (χ3v) is 2.92. The number of nitrogens with one attached hydrogen (secondary N) is 1. The van der Waals surface area contributed by atoms with Crippen LogP contribution in [0.3, 0.4) is 0 Å². The van der Waals surface area contributed by atoms with Crippen molar-refractivity contribution in [3.05, 3.63) is 35.1 Å². The fourth-order valence-electron chi connectivity index (χ4n) is 2.10. The first-order valence-electron chi connectivity index (χ1n) is 4.86. The molecular weight excluding hydrogens is 181 g/mol. The van der Waals surface area contributed by atoms with Crippen LogP contribution in [0, 0.1) is 5.82 Å². The molecule has 1 aliphatic rings. The maximum Gasteiger partial charge on any atom is 0.129 e. The molecule has 2 atom stereocenters. The zero-order chi connectivity index (χ0) is 10.1. The van der Waals surface area contributed by atoms with Crippen LogP contribution in [0.5, 0.6) is 0 Å². The summed E-state index contributed by atoms with van der Waals surface area (Å²) >= 11 is 0. The molecule has 0 bridgehead atoms. The minimum Gasteiger partial charge on any atom is -0.387 e. The summed E-state index contributed by atoms with van der Waals surface area (Å²) in [4.78, 5) is 0. The van der Waals surface area contributed by atoms with Gasteiger partial charge in [-0.25, -0.2) is 4.39 Å². The molecule has 2 rings (SSSR count). The Morgan fingerprint density at radius 3 is 3.00 bits per heavy atom. The van der Waals surface area contributed by atoms with Crippen LogP contribution in [-0.2, 0) is 6.42 Å². The van der Waals surface area contributed by atoms with Gasteiger partial charge in [0.15, 0.2) is 0 Å². The van der Waals surface area contributed by atoms with E-state index in [9.17, 15) is 9.50 Å². The van der Waals surface area contributed by atoms with Gasteiger partial charge in [0, 0.05) is 11.6 Å². The Bertz CT molecular complexity index is 340. The average Bonchev–Trinajstić information content (AvgIpc) is 2.18. The second-order valence-electron chi connectivity index (χ2n) is 3.69. The molecule has 2 unspecified atom stereocenters. The highest BCUT2D eigenvalue weighted by Crippen LogP contribution is 2.31. The number of aryl methyl sites for hydroxylation is 1. The van der Waals surface area contributed by atoms with Gasteiger partial charge in [-0.2, -0.15) is 0 Å². The molecule has 3 heteroatoms. The van der Waals surface area contributed by atoms with E-state index >= 15 is 0 Å². The van der Waals surface area contributed by atoms with E-state index in [4.69, 9.17) is 0 Å². The fraction of sp³-hybridized carbons (Fsp3) is 0.455. The second kappa shape index (κ2) is 3.67. The highest BCUT2D eigenvalue weighted by Gasteiger charge is 2.28. The van der Waals surface area contributed by atoms with Crippen molar-refractivity contribution in [3.63, 3.8) is 0 Å². The second-order valence-corrected chi connectivity index (χ2v) is 3.69. The van der Waals surface area contributed by atoms with Gasteiger partial charge in [-0.05, 0) is 31.5 Å². The van der Waals surface area contributed by atoms with Crippen molar-refractivity contribution in [2.24, 2.45) is 0 Å². The van der Waals surface area contributed by atoms with E-state index < -0.39 is 6.10 Å². The first-order chi connectivity index (χ1) is 6.74. The normalized spacial score (nSPS) is 25.9. The van der Waals surface area contributed by atoms with E-state index in [0.717, 1.165) is 18.4 Å². The topological polar surface area (TPSA) is 32.3 Å². The molecule has 0 saturated carbocycles. The minimum absolute atomic E-state index is 0.0283. The standard InChI is InChI=1S/C11H14FNO/c1-13-9-6-5-7-3-2-4-8(12)10(7)11(9)14/h2-4,9,11,13-14H,5-6H2,1H3. The molecule has 1 aliphatic carbocycles. The van der Waals surface area contributed by atoms with Crippen LogP contribution in [0.1, 0.15) is 23.7 Å². The Morgan fingerprint density at radius 2 is 2.29 bits per heavy atom. The van der Waals surface area contributed by atoms with E-state index in [0.29, 0.717) is 5.56 Å². The van der Waals surface area contributed by atoms with Crippen LogP contribution in [0.15, 0.2) is 18.2 Å². The molecule has 0 aliphatic heterocycles. The number of rotatable bonds is 1. The van der Waals surface area contributed by atoms with Gasteiger partial charge in [0.2, 0.25) is 0 Å². The SMILES string of the molecule is CNC1CCc2cccc(F)c2C1O. The summed E-state index contributed by atoms with van der Waals surface area (Å²) in [6.45, 7) is 0. The van der Waals surface area contributed by atoms with E-state index in [1.807, 2.05) is 6.07 Å². The monoisotopic (exact) mass is 195 g/mol. The first-order valence-corrected chi connectivity index (χ1v) is 4.86. The van der Waals surface area contributed by atoms with Crippen molar-refractivity contribution < 1.29 is 9.50 Å². The van der Waals surface area contributed by atoms with Gasteiger partial charge in [0.1, 0.15) is 5.82 Å². The van der Waals surface area contributed by atoms with Gasteiger partial charge in [-0.15, -0.1) is 0 Å². The van der Waals surface area contributed by atoms with Gasteiger partial charge >= 0.3 is 0 Å². The van der Waals surface area contributed by atoms with E-state index in [1.54, 1.807) is 13.1 Å². The third kappa shape index (κ3) is 1.42. The molecule has 1 aromatic rings. The van der Waals surface area contributed by atoms with Crippen molar-refractivity contribution in [1.29, 1.82) is 0 Å². The molecular formula is C11H14FNO. The van der Waals surface area contributed by atoms with E-state index in [2.05, 4.69) is 5.32 Å². The number of halogens is 1. The predicted molar refractivity (Wildman–Crippen MR) is 52.5 cm³/mol. The molecule has 14 heavy (non-hydrogen) atoms. The van der Waals surface area contributed by atoms with Crippen LogP contribution in [0.4, 0.5) is 4.39 Å². The molecule has 2 N–H and O–H groups in total. The predicted octanol–water partition coefficient (Wildman–Crippen LogP) is 1.39.